The van der Waals surface area contributed by atoms with Gasteiger partial charge < -0.3 is 4.74 Å². The van der Waals surface area contributed by atoms with Crippen molar-refractivity contribution in [3.63, 3.8) is 0 Å². The molecule has 0 fully saturated rings. The number of hydrogen-bond acceptors (Lipinski definition) is 3. The van der Waals surface area contributed by atoms with Crippen LogP contribution in [-0.2, 0) is 0 Å². The molecule has 0 bridgehead atoms. The van der Waals surface area contributed by atoms with Crippen molar-refractivity contribution in [2.45, 2.75) is 0 Å². The summed E-state index contributed by atoms with van der Waals surface area (Å²) in [6, 6.07) is 9.14. The standard InChI is InChI=1S/C12H8FNO2/c13-11-3-1-2-4-12(11)16-10-6-5-9(8-15)14-7-10/h1-8H. The predicted molar refractivity (Wildman–Crippen MR) is 56.1 cm³/mol. The van der Waals surface area contributed by atoms with Gasteiger partial charge in [-0.3, -0.25) is 4.79 Å². The highest BCUT2D eigenvalue weighted by Gasteiger charge is 2.03. The van der Waals surface area contributed by atoms with Gasteiger partial charge in [-0.1, -0.05) is 12.1 Å². The van der Waals surface area contributed by atoms with E-state index in [0.29, 0.717) is 17.7 Å². The van der Waals surface area contributed by atoms with Crippen LogP contribution in [0.2, 0.25) is 0 Å². The van der Waals surface area contributed by atoms with Crippen molar-refractivity contribution in [1.29, 1.82) is 0 Å². The van der Waals surface area contributed by atoms with E-state index in [2.05, 4.69) is 4.98 Å². The number of hydrogen-bond donors (Lipinski definition) is 0. The molecule has 0 amide bonds. The molecule has 3 nitrogen and oxygen atoms in total. The maximum absolute atomic E-state index is 13.2. The van der Waals surface area contributed by atoms with E-state index in [-0.39, 0.29) is 5.75 Å². The van der Waals surface area contributed by atoms with Crippen LogP contribution >= 0.6 is 0 Å². The molecule has 0 aliphatic carbocycles. The fraction of sp³-hybridized carbons (Fsp3) is 0. The molecule has 0 N–H and O–H groups in total. The summed E-state index contributed by atoms with van der Waals surface area (Å²) in [4.78, 5) is 14.2. The van der Waals surface area contributed by atoms with Gasteiger partial charge in [-0.05, 0) is 24.3 Å². The zero-order chi connectivity index (χ0) is 11.4. The number of para-hydroxylation sites is 1. The molecule has 1 aromatic heterocycles. The van der Waals surface area contributed by atoms with E-state index in [1.54, 1.807) is 18.2 Å². The lowest BCUT2D eigenvalue weighted by Crippen LogP contribution is -1.90. The van der Waals surface area contributed by atoms with Crippen LogP contribution in [0, 0.1) is 5.82 Å². The highest BCUT2D eigenvalue weighted by molar-refractivity contribution is 5.71. The van der Waals surface area contributed by atoms with Crippen LogP contribution in [0.15, 0.2) is 42.6 Å². The van der Waals surface area contributed by atoms with Crippen LogP contribution in [0.5, 0.6) is 11.5 Å². The third kappa shape index (κ3) is 2.23. The molecule has 0 spiro atoms. The number of aldehydes is 1. The topological polar surface area (TPSA) is 39.2 Å². The van der Waals surface area contributed by atoms with Gasteiger partial charge in [0.1, 0.15) is 11.4 Å². The van der Waals surface area contributed by atoms with Crippen LogP contribution in [0.1, 0.15) is 10.5 Å². The van der Waals surface area contributed by atoms with E-state index >= 15 is 0 Å². The Morgan fingerprint density at radius 3 is 2.62 bits per heavy atom. The summed E-state index contributed by atoms with van der Waals surface area (Å²) in [5.41, 5.74) is 0.306. The molecule has 4 heteroatoms. The van der Waals surface area contributed by atoms with Crippen molar-refractivity contribution in [3.8, 4) is 11.5 Å². The number of carbonyl (C=O) groups is 1. The van der Waals surface area contributed by atoms with Gasteiger partial charge >= 0.3 is 0 Å². The smallest absolute Gasteiger partial charge is 0.168 e. The number of pyridine rings is 1. The number of aromatic nitrogens is 1. The monoisotopic (exact) mass is 217 g/mol. The fourth-order valence-electron chi connectivity index (χ4n) is 1.18. The number of rotatable bonds is 3. The number of ether oxygens (including phenoxy) is 1. The van der Waals surface area contributed by atoms with Crippen molar-refractivity contribution in [2.24, 2.45) is 0 Å². The van der Waals surface area contributed by atoms with Crippen molar-refractivity contribution >= 4 is 6.29 Å². The average Bonchev–Trinajstić information content (AvgIpc) is 2.33. The van der Waals surface area contributed by atoms with Gasteiger partial charge in [0.25, 0.3) is 0 Å². The molecule has 16 heavy (non-hydrogen) atoms. The highest BCUT2D eigenvalue weighted by atomic mass is 19.1. The average molecular weight is 217 g/mol. The zero-order valence-corrected chi connectivity index (χ0v) is 8.26. The second kappa shape index (κ2) is 4.53. The maximum Gasteiger partial charge on any atom is 0.168 e. The minimum absolute atomic E-state index is 0.128. The molecule has 0 aliphatic heterocycles. The summed E-state index contributed by atoms with van der Waals surface area (Å²) in [7, 11) is 0. The molecule has 0 radical (unpaired) electrons. The fourth-order valence-corrected chi connectivity index (χ4v) is 1.18. The van der Waals surface area contributed by atoms with E-state index in [1.165, 1.54) is 24.4 Å². The molecule has 2 aromatic rings. The zero-order valence-electron chi connectivity index (χ0n) is 8.26. The Labute approximate surface area is 91.5 Å². The molecule has 0 saturated heterocycles. The summed E-state index contributed by atoms with van der Waals surface area (Å²) < 4.78 is 18.5. The number of halogens is 1. The molecule has 0 atom stereocenters. The van der Waals surface area contributed by atoms with E-state index in [9.17, 15) is 9.18 Å². The summed E-state index contributed by atoms with van der Waals surface area (Å²) in [6.07, 6.45) is 2.00. The second-order valence-corrected chi connectivity index (χ2v) is 3.07. The van der Waals surface area contributed by atoms with Gasteiger partial charge in [0.05, 0.1) is 6.20 Å². The molecule has 1 heterocycles. The van der Waals surface area contributed by atoms with Crippen LogP contribution in [0.3, 0.4) is 0 Å². The van der Waals surface area contributed by atoms with Crippen LogP contribution in [0.25, 0.3) is 0 Å². The lowest BCUT2D eigenvalue weighted by molar-refractivity contribution is 0.111. The van der Waals surface area contributed by atoms with Crippen molar-refractivity contribution in [3.05, 3.63) is 54.1 Å². The number of benzene rings is 1. The van der Waals surface area contributed by atoms with E-state index < -0.39 is 5.82 Å². The van der Waals surface area contributed by atoms with E-state index in [1.807, 2.05) is 0 Å². The van der Waals surface area contributed by atoms with Gasteiger partial charge in [0.15, 0.2) is 17.9 Å². The summed E-state index contributed by atoms with van der Waals surface area (Å²) >= 11 is 0. The minimum Gasteiger partial charge on any atom is -0.453 e. The molecule has 1 aromatic carbocycles. The second-order valence-electron chi connectivity index (χ2n) is 3.07. The number of carbonyl (C=O) groups excluding carboxylic acids is 1. The van der Waals surface area contributed by atoms with Gasteiger partial charge in [-0.25, -0.2) is 9.37 Å². The molecule has 0 unspecified atom stereocenters. The van der Waals surface area contributed by atoms with Crippen LogP contribution in [-0.4, -0.2) is 11.3 Å². The predicted octanol–water partition coefficient (Wildman–Crippen LogP) is 2.83. The lowest BCUT2D eigenvalue weighted by Gasteiger charge is -2.05. The van der Waals surface area contributed by atoms with Gasteiger partial charge in [0, 0.05) is 0 Å². The first-order chi connectivity index (χ1) is 7.79. The number of nitrogens with zero attached hydrogens (tertiary/aromatic N) is 1. The Balaban J connectivity index is 2.21. The molecule has 2 rings (SSSR count). The lowest BCUT2D eigenvalue weighted by atomic mass is 10.3. The quantitative estimate of drug-likeness (QED) is 0.742. The molecule has 0 aliphatic rings. The SMILES string of the molecule is O=Cc1ccc(Oc2ccccc2F)cn1. The van der Waals surface area contributed by atoms with Crippen molar-refractivity contribution < 1.29 is 13.9 Å². The Bertz CT molecular complexity index is 497. The van der Waals surface area contributed by atoms with Crippen LogP contribution in [0.4, 0.5) is 4.39 Å². The van der Waals surface area contributed by atoms with E-state index in [4.69, 9.17) is 4.74 Å². The van der Waals surface area contributed by atoms with Gasteiger partial charge in [0.2, 0.25) is 0 Å². The largest absolute Gasteiger partial charge is 0.453 e. The van der Waals surface area contributed by atoms with Crippen molar-refractivity contribution in [2.75, 3.05) is 0 Å². The van der Waals surface area contributed by atoms with Gasteiger partial charge in [-0.2, -0.15) is 0 Å². The first-order valence-electron chi connectivity index (χ1n) is 4.63. The normalized spacial score (nSPS) is 9.81. The summed E-state index contributed by atoms with van der Waals surface area (Å²) in [5, 5.41) is 0. The highest BCUT2D eigenvalue weighted by Crippen LogP contribution is 2.22. The first-order valence-corrected chi connectivity index (χ1v) is 4.63. The Morgan fingerprint density at radius 1 is 1.19 bits per heavy atom. The Kier molecular flexibility index (Phi) is 2.91. The Morgan fingerprint density at radius 2 is 2.00 bits per heavy atom. The van der Waals surface area contributed by atoms with E-state index in [0.717, 1.165) is 0 Å². The minimum atomic E-state index is -0.443. The van der Waals surface area contributed by atoms with Gasteiger partial charge in [-0.15, -0.1) is 0 Å². The first kappa shape index (κ1) is 10.3. The molecular formula is C12H8FNO2. The van der Waals surface area contributed by atoms with Crippen LogP contribution < -0.4 is 4.74 Å². The Hall–Kier alpha value is -2.23. The molecule has 0 saturated carbocycles. The third-order valence-electron chi connectivity index (χ3n) is 1.94. The molecular weight excluding hydrogens is 209 g/mol. The van der Waals surface area contributed by atoms with Crippen molar-refractivity contribution in [1.82, 2.24) is 4.98 Å². The third-order valence-corrected chi connectivity index (χ3v) is 1.94. The summed E-state index contributed by atoms with van der Waals surface area (Å²) in [6.45, 7) is 0. The maximum atomic E-state index is 13.2. The molecule has 80 valence electrons. The summed E-state index contributed by atoms with van der Waals surface area (Å²) in [5.74, 6) is 0.0702.